The molecule has 1 aliphatic carbocycles. The van der Waals surface area contributed by atoms with Gasteiger partial charge in [-0.15, -0.1) is 5.92 Å². The normalized spacial score (nSPS) is 27.5. The minimum absolute atomic E-state index is 0.0212. The van der Waals surface area contributed by atoms with Crippen molar-refractivity contribution in [2.75, 3.05) is 20.1 Å². The van der Waals surface area contributed by atoms with Crippen molar-refractivity contribution in [3.8, 4) is 23.3 Å². The molecule has 1 fully saturated rings. The number of aromatic hydroxyl groups is 1. The molecule has 2 aromatic carbocycles. The molecule has 0 saturated carbocycles. The molecule has 0 unspecified atom stereocenters. The van der Waals surface area contributed by atoms with E-state index in [-0.39, 0.29) is 29.2 Å². The Hall–Kier alpha value is -3.74. The Morgan fingerprint density at radius 2 is 1.96 bits per heavy atom. The predicted octanol–water partition coefficient (Wildman–Crippen LogP) is 4.09. The van der Waals surface area contributed by atoms with E-state index in [1.807, 2.05) is 18.2 Å². The molecule has 45 heavy (non-hydrogen) atoms. The highest BCUT2D eigenvalue weighted by molar-refractivity contribution is 5.77. The number of phenolic OH excluding ortho intramolecular Hbond substituents is 1. The van der Waals surface area contributed by atoms with Crippen LogP contribution in [-0.4, -0.2) is 66.6 Å². The lowest BCUT2D eigenvalue weighted by Gasteiger charge is -2.33. The molecule has 1 aliphatic heterocycles. The first-order chi connectivity index (χ1) is 21.7. The van der Waals surface area contributed by atoms with Crippen LogP contribution in [0.3, 0.4) is 0 Å². The van der Waals surface area contributed by atoms with E-state index in [2.05, 4.69) is 58.7 Å². The first-order valence-electron chi connectivity index (χ1n) is 16.3. The molecule has 2 aromatic rings. The van der Waals surface area contributed by atoms with Crippen molar-refractivity contribution >= 4 is 11.9 Å². The van der Waals surface area contributed by atoms with Gasteiger partial charge >= 0.3 is 5.97 Å². The fourth-order valence-electron chi connectivity index (χ4n) is 6.40. The van der Waals surface area contributed by atoms with Crippen molar-refractivity contribution in [1.29, 1.82) is 0 Å². The van der Waals surface area contributed by atoms with E-state index in [9.17, 15) is 15.0 Å². The van der Waals surface area contributed by atoms with Crippen molar-refractivity contribution in [2.45, 2.75) is 96.0 Å². The van der Waals surface area contributed by atoms with E-state index in [4.69, 9.17) is 15.2 Å². The molecular formula is C36H50N4O5. The van der Waals surface area contributed by atoms with Crippen LogP contribution in [0.5, 0.6) is 11.5 Å². The number of aliphatic hydroxyl groups is 1. The Labute approximate surface area is 268 Å². The Balaban J connectivity index is 1.51. The number of carbonyl (C=O) groups excluding carboxylic acids is 1. The highest BCUT2D eigenvalue weighted by Gasteiger charge is 2.32. The van der Waals surface area contributed by atoms with Gasteiger partial charge in [0.2, 0.25) is 0 Å². The van der Waals surface area contributed by atoms with Crippen LogP contribution in [0.1, 0.15) is 69.9 Å². The molecule has 9 nitrogen and oxygen atoms in total. The van der Waals surface area contributed by atoms with Crippen molar-refractivity contribution < 1.29 is 24.5 Å². The molecule has 0 spiro atoms. The summed E-state index contributed by atoms with van der Waals surface area (Å²) in [4.78, 5) is 16.1. The third kappa shape index (κ3) is 10.4. The van der Waals surface area contributed by atoms with Crippen LogP contribution in [0.2, 0.25) is 0 Å². The number of ether oxygens (including phenoxy) is 2. The Bertz CT molecular complexity index is 1340. The summed E-state index contributed by atoms with van der Waals surface area (Å²) < 4.78 is 12.2. The zero-order valence-corrected chi connectivity index (χ0v) is 26.9. The molecule has 0 amide bonds. The average molecular weight is 619 g/mol. The standard InChI is InChI=1S/C36H50N4O5/c1-4-36(24-40-35(37)38-3)16-8-11-28(33(44-25(2)41)23-30(42)14-17-36)19-27-12-13-32(43)34(21-27)45-31-15-18-39-29(22-31)20-26-9-6-5-7-10-26/h5-7,9-10,12-13,21,28-31,33,39,42-43H,4,11,14-15,17-20,22-24H2,1-3H3,(H3,37,38,40)/t28-,29+,30-,31+,33-,36+/m0/s1. The van der Waals surface area contributed by atoms with Crippen molar-refractivity contribution in [1.82, 2.24) is 10.6 Å². The molecule has 6 atom stereocenters. The third-order valence-corrected chi connectivity index (χ3v) is 9.13. The van der Waals surface area contributed by atoms with Crippen LogP contribution in [0, 0.1) is 23.2 Å². The lowest BCUT2D eigenvalue weighted by atomic mass is 9.77. The number of phenols is 1. The maximum atomic E-state index is 12.1. The number of carbonyl (C=O) groups is 1. The minimum Gasteiger partial charge on any atom is -0.504 e. The number of guanidine groups is 1. The van der Waals surface area contributed by atoms with Crippen molar-refractivity contribution in [3.05, 3.63) is 59.7 Å². The molecule has 1 heterocycles. The van der Waals surface area contributed by atoms with Crippen LogP contribution in [0.15, 0.2) is 53.5 Å². The third-order valence-electron chi connectivity index (χ3n) is 9.13. The van der Waals surface area contributed by atoms with E-state index >= 15 is 0 Å². The van der Waals surface area contributed by atoms with Crippen molar-refractivity contribution in [3.63, 3.8) is 0 Å². The van der Waals surface area contributed by atoms with Crippen LogP contribution < -0.4 is 21.1 Å². The van der Waals surface area contributed by atoms with Gasteiger partial charge < -0.3 is 36.1 Å². The number of piperidine rings is 1. The molecule has 4 rings (SSSR count). The number of benzene rings is 2. The predicted molar refractivity (Wildman–Crippen MR) is 177 cm³/mol. The summed E-state index contributed by atoms with van der Waals surface area (Å²) in [5.74, 6) is 7.28. The Morgan fingerprint density at radius 3 is 2.69 bits per heavy atom. The van der Waals surface area contributed by atoms with E-state index in [1.165, 1.54) is 12.5 Å². The number of nitrogens with two attached hydrogens (primary N) is 1. The first kappa shape index (κ1) is 34.1. The summed E-state index contributed by atoms with van der Waals surface area (Å²) in [5, 5.41) is 28.6. The Morgan fingerprint density at radius 1 is 1.16 bits per heavy atom. The van der Waals surface area contributed by atoms with E-state index < -0.39 is 12.2 Å². The van der Waals surface area contributed by atoms with Crippen molar-refractivity contribution in [2.24, 2.45) is 22.1 Å². The summed E-state index contributed by atoms with van der Waals surface area (Å²) in [6.45, 7) is 4.88. The summed E-state index contributed by atoms with van der Waals surface area (Å²) >= 11 is 0. The molecular weight excluding hydrogens is 568 g/mol. The lowest BCUT2D eigenvalue weighted by molar-refractivity contribution is -0.151. The van der Waals surface area contributed by atoms with Crippen LogP contribution >= 0.6 is 0 Å². The van der Waals surface area contributed by atoms with E-state index in [0.29, 0.717) is 56.4 Å². The zero-order chi connectivity index (χ0) is 32.2. The van der Waals surface area contributed by atoms with Gasteiger partial charge in [0, 0.05) is 50.7 Å². The van der Waals surface area contributed by atoms with Gasteiger partial charge in [0.1, 0.15) is 12.2 Å². The smallest absolute Gasteiger partial charge is 0.302 e. The van der Waals surface area contributed by atoms with Gasteiger partial charge in [-0.2, -0.15) is 0 Å². The molecule has 0 radical (unpaired) electrons. The summed E-state index contributed by atoms with van der Waals surface area (Å²) in [7, 11) is 1.64. The molecule has 2 aliphatic rings. The second kappa shape index (κ2) is 16.5. The maximum absolute atomic E-state index is 12.1. The molecule has 9 heteroatoms. The summed E-state index contributed by atoms with van der Waals surface area (Å²) in [6, 6.07) is 16.2. The highest BCUT2D eigenvalue weighted by atomic mass is 16.5. The SMILES string of the molecule is CC[C@@]1(CNC(N)=NC)C#CC[C@@H](Cc2ccc(O)c(O[C@@H]3CCN[C@H](Cc4ccccc4)C3)c2)[C@@H](OC(C)=O)C[C@@H](O)CC1. The molecule has 0 bridgehead atoms. The molecule has 1 saturated heterocycles. The van der Waals surface area contributed by atoms with E-state index in [1.54, 1.807) is 13.1 Å². The number of hydrogen-bond donors (Lipinski definition) is 5. The van der Waals surface area contributed by atoms with Gasteiger partial charge in [-0.05, 0) is 74.8 Å². The second-order valence-corrected chi connectivity index (χ2v) is 12.5. The zero-order valence-electron chi connectivity index (χ0n) is 26.9. The highest BCUT2D eigenvalue weighted by Crippen LogP contribution is 2.34. The van der Waals surface area contributed by atoms with Gasteiger partial charge in [-0.3, -0.25) is 9.79 Å². The number of nitrogens with zero attached hydrogens (tertiary/aromatic N) is 1. The van der Waals surface area contributed by atoms with Gasteiger partial charge in [0.05, 0.1) is 6.10 Å². The second-order valence-electron chi connectivity index (χ2n) is 12.5. The number of rotatable bonds is 10. The fourth-order valence-corrected chi connectivity index (χ4v) is 6.40. The quantitative estimate of drug-likeness (QED) is 0.116. The Kier molecular flexibility index (Phi) is 12.5. The number of hydrogen-bond acceptors (Lipinski definition) is 7. The van der Waals surface area contributed by atoms with Crippen LogP contribution in [0.25, 0.3) is 0 Å². The van der Waals surface area contributed by atoms with Gasteiger partial charge in [0.25, 0.3) is 0 Å². The first-order valence-corrected chi connectivity index (χ1v) is 16.3. The monoisotopic (exact) mass is 618 g/mol. The van der Waals surface area contributed by atoms with Crippen LogP contribution in [0.4, 0.5) is 0 Å². The largest absolute Gasteiger partial charge is 0.504 e. The minimum atomic E-state index is -0.651. The molecule has 244 valence electrons. The van der Waals surface area contributed by atoms with Gasteiger partial charge in [0.15, 0.2) is 17.5 Å². The lowest BCUT2D eigenvalue weighted by Crippen LogP contribution is -2.43. The number of nitrogens with one attached hydrogen (secondary N) is 2. The topological polar surface area (TPSA) is 138 Å². The summed E-state index contributed by atoms with van der Waals surface area (Å²) in [6.07, 6.45) is 4.80. The fraction of sp³-hybridized carbons (Fsp3) is 0.556. The van der Waals surface area contributed by atoms with Gasteiger partial charge in [-0.1, -0.05) is 49.2 Å². The van der Waals surface area contributed by atoms with E-state index in [0.717, 1.165) is 37.8 Å². The van der Waals surface area contributed by atoms with Gasteiger partial charge in [-0.25, -0.2) is 0 Å². The average Bonchev–Trinajstić information content (AvgIpc) is 3.03. The molecule has 0 aromatic heterocycles. The molecule has 6 N–H and O–H groups in total. The number of aliphatic imine (C=N–C) groups is 1. The summed E-state index contributed by atoms with van der Waals surface area (Å²) in [5.41, 5.74) is 7.77. The van der Waals surface area contributed by atoms with Crippen LogP contribution in [-0.2, 0) is 22.4 Å². The maximum Gasteiger partial charge on any atom is 0.302 e. The number of aliphatic hydroxyl groups excluding tert-OH is 1. The number of esters is 1.